The number of sulfonamides is 1. The average molecular weight is 500 g/mol. The van der Waals surface area contributed by atoms with E-state index in [1.165, 1.54) is 23.1 Å². The van der Waals surface area contributed by atoms with E-state index in [1.54, 1.807) is 13.8 Å². The Hall–Kier alpha value is -2.29. The number of likely N-dealkylation sites (N-methyl/N-ethyl adjacent to an activating group) is 1. The molecule has 0 saturated heterocycles. The van der Waals surface area contributed by atoms with Crippen LogP contribution in [0.15, 0.2) is 42.5 Å². The molecule has 7 nitrogen and oxygen atoms in total. The third-order valence-corrected chi connectivity index (χ3v) is 6.70. The summed E-state index contributed by atoms with van der Waals surface area (Å²) < 4.78 is 25.9. The Bertz CT molecular complexity index is 1090. The molecule has 32 heavy (non-hydrogen) atoms. The maximum atomic E-state index is 13.3. The van der Waals surface area contributed by atoms with Gasteiger partial charge in [-0.1, -0.05) is 53.0 Å². The number of hydrogen-bond acceptors (Lipinski definition) is 4. The lowest BCUT2D eigenvalue weighted by Gasteiger charge is -2.31. The quantitative estimate of drug-likeness (QED) is 0.570. The van der Waals surface area contributed by atoms with E-state index in [4.69, 9.17) is 23.2 Å². The molecular formula is C22H27Cl2N3O4S. The SMILES string of the molecule is CCNC(=O)C(C)N(Cc1cccc(C)c1)C(=O)CN(c1ccc(Cl)c(Cl)c1)S(C)(=O)=O. The number of amides is 2. The Morgan fingerprint density at radius 2 is 1.78 bits per heavy atom. The number of nitrogens with one attached hydrogen (secondary N) is 1. The highest BCUT2D eigenvalue weighted by atomic mass is 35.5. The van der Waals surface area contributed by atoms with Crippen LogP contribution in [0.2, 0.25) is 10.0 Å². The number of carbonyl (C=O) groups is 2. The van der Waals surface area contributed by atoms with Gasteiger partial charge in [0.05, 0.1) is 22.0 Å². The first-order chi connectivity index (χ1) is 14.9. The van der Waals surface area contributed by atoms with E-state index in [2.05, 4.69) is 5.32 Å². The summed E-state index contributed by atoms with van der Waals surface area (Å²) in [4.78, 5) is 27.2. The third kappa shape index (κ3) is 6.85. The second kappa shape index (κ2) is 11.0. The van der Waals surface area contributed by atoms with Gasteiger partial charge >= 0.3 is 0 Å². The third-order valence-electron chi connectivity index (χ3n) is 4.82. The summed E-state index contributed by atoms with van der Waals surface area (Å²) in [6.07, 6.45) is 1.00. The van der Waals surface area contributed by atoms with Gasteiger partial charge in [0.25, 0.3) is 0 Å². The number of rotatable bonds is 9. The van der Waals surface area contributed by atoms with Gasteiger partial charge in [-0.25, -0.2) is 8.42 Å². The minimum Gasteiger partial charge on any atom is -0.355 e. The van der Waals surface area contributed by atoms with Crippen molar-refractivity contribution in [3.05, 3.63) is 63.6 Å². The lowest BCUT2D eigenvalue weighted by atomic mass is 10.1. The number of anilines is 1. The molecule has 2 aromatic carbocycles. The van der Waals surface area contributed by atoms with Crippen LogP contribution >= 0.6 is 23.2 Å². The number of carbonyl (C=O) groups excluding carboxylic acids is 2. The summed E-state index contributed by atoms with van der Waals surface area (Å²) in [5, 5.41) is 3.14. The second-order valence-corrected chi connectivity index (χ2v) is 10.2. The number of aryl methyl sites for hydroxylation is 1. The molecule has 10 heteroatoms. The zero-order chi connectivity index (χ0) is 24.1. The largest absolute Gasteiger partial charge is 0.355 e. The van der Waals surface area contributed by atoms with E-state index in [1.807, 2.05) is 31.2 Å². The van der Waals surface area contributed by atoms with E-state index < -0.39 is 28.5 Å². The van der Waals surface area contributed by atoms with Crippen molar-refractivity contribution >= 4 is 50.7 Å². The second-order valence-electron chi connectivity index (χ2n) is 7.45. The fourth-order valence-electron chi connectivity index (χ4n) is 3.17. The van der Waals surface area contributed by atoms with Crippen LogP contribution in [0.25, 0.3) is 0 Å². The molecule has 0 heterocycles. The van der Waals surface area contributed by atoms with Gasteiger partial charge < -0.3 is 10.2 Å². The first kappa shape index (κ1) is 26.0. The Morgan fingerprint density at radius 3 is 2.34 bits per heavy atom. The molecule has 0 aromatic heterocycles. The first-order valence-corrected chi connectivity index (χ1v) is 12.6. The van der Waals surface area contributed by atoms with Crippen molar-refractivity contribution in [3.63, 3.8) is 0 Å². The fraction of sp³-hybridized carbons (Fsp3) is 0.364. The van der Waals surface area contributed by atoms with Gasteiger partial charge in [0.2, 0.25) is 21.8 Å². The van der Waals surface area contributed by atoms with Crippen LogP contribution in [0.1, 0.15) is 25.0 Å². The van der Waals surface area contributed by atoms with E-state index >= 15 is 0 Å². The van der Waals surface area contributed by atoms with Crippen LogP contribution in [0.3, 0.4) is 0 Å². The van der Waals surface area contributed by atoms with Crippen molar-refractivity contribution in [2.75, 3.05) is 23.7 Å². The zero-order valence-corrected chi connectivity index (χ0v) is 20.8. The molecular weight excluding hydrogens is 473 g/mol. The minimum atomic E-state index is -3.83. The highest BCUT2D eigenvalue weighted by molar-refractivity contribution is 7.92. The van der Waals surface area contributed by atoms with Crippen molar-refractivity contribution in [3.8, 4) is 0 Å². The summed E-state index contributed by atoms with van der Waals surface area (Å²) in [7, 11) is -3.83. The normalized spacial score (nSPS) is 12.2. The van der Waals surface area contributed by atoms with Gasteiger partial charge in [-0.05, 0) is 44.5 Å². The average Bonchev–Trinajstić information content (AvgIpc) is 2.71. The van der Waals surface area contributed by atoms with E-state index in [-0.39, 0.29) is 28.2 Å². The van der Waals surface area contributed by atoms with Crippen LogP contribution in [-0.2, 0) is 26.2 Å². The molecule has 1 unspecified atom stereocenters. The molecule has 0 aliphatic heterocycles. The molecule has 0 aliphatic carbocycles. The van der Waals surface area contributed by atoms with Crippen LogP contribution in [0.4, 0.5) is 5.69 Å². The molecule has 2 aromatic rings. The molecule has 0 bridgehead atoms. The standard InChI is InChI=1S/C22H27Cl2N3O4S/c1-5-25-22(29)16(3)26(13-17-8-6-7-15(2)11-17)21(28)14-27(32(4,30)31)18-9-10-19(23)20(24)12-18/h6-12,16H,5,13-14H2,1-4H3,(H,25,29). The Morgan fingerprint density at radius 1 is 1.09 bits per heavy atom. The Labute approximate surface area is 199 Å². The van der Waals surface area contributed by atoms with Crippen LogP contribution in [-0.4, -0.2) is 50.5 Å². The number of nitrogens with zero attached hydrogens (tertiary/aromatic N) is 2. The smallest absolute Gasteiger partial charge is 0.244 e. The lowest BCUT2D eigenvalue weighted by molar-refractivity contribution is -0.139. The van der Waals surface area contributed by atoms with Crippen molar-refractivity contribution < 1.29 is 18.0 Å². The highest BCUT2D eigenvalue weighted by Crippen LogP contribution is 2.28. The molecule has 0 aliphatic rings. The Balaban J connectivity index is 2.40. The molecule has 174 valence electrons. The van der Waals surface area contributed by atoms with Crippen molar-refractivity contribution in [1.29, 1.82) is 0 Å². The lowest BCUT2D eigenvalue weighted by Crippen LogP contribution is -2.51. The summed E-state index contributed by atoms with van der Waals surface area (Å²) in [6.45, 7) is 5.40. The number of benzene rings is 2. The molecule has 1 N–H and O–H groups in total. The summed E-state index contributed by atoms with van der Waals surface area (Å²) in [5.74, 6) is -0.851. The monoisotopic (exact) mass is 499 g/mol. The zero-order valence-electron chi connectivity index (χ0n) is 18.4. The summed E-state index contributed by atoms with van der Waals surface area (Å²) in [5.41, 5.74) is 2.04. The van der Waals surface area contributed by atoms with Gasteiger partial charge in [0.1, 0.15) is 12.6 Å². The fourth-order valence-corrected chi connectivity index (χ4v) is 4.30. The topological polar surface area (TPSA) is 86.8 Å². The Kier molecular flexibility index (Phi) is 8.95. The van der Waals surface area contributed by atoms with Gasteiger partial charge in [-0.15, -0.1) is 0 Å². The van der Waals surface area contributed by atoms with Crippen molar-refractivity contribution in [2.24, 2.45) is 0 Å². The van der Waals surface area contributed by atoms with Crippen molar-refractivity contribution in [2.45, 2.75) is 33.4 Å². The van der Waals surface area contributed by atoms with E-state index in [9.17, 15) is 18.0 Å². The maximum absolute atomic E-state index is 13.3. The predicted octanol–water partition coefficient (Wildman–Crippen LogP) is 3.62. The molecule has 1 atom stereocenters. The molecule has 0 spiro atoms. The number of hydrogen-bond donors (Lipinski definition) is 1. The summed E-state index contributed by atoms with van der Waals surface area (Å²) in [6, 6.07) is 11.1. The van der Waals surface area contributed by atoms with Gasteiger partial charge in [0, 0.05) is 13.1 Å². The maximum Gasteiger partial charge on any atom is 0.244 e. The van der Waals surface area contributed by atoms with Crippen LogP contribution in [0.5, 0.6) is 0 Å². The molecule has 0 saturated carbocycles. The van der Waals surface area contributed by atoms with Crippen LogP contribution < -0.4 is 9.62 Å². The van der Waals surface area contributed by atoms with E-state index in [0.29, 0.717) is 6.54 Å². The van der Waals surface area contributed by atoms with Gasteiger partial charge in [0.15, 0.2) is 0 Å². The predicted molar refractivity (Wildman–Crippen MR) is 129 cm³/mol. The first-order valence-electron chi connectivity index (χ1n) is 9.99. The van der Waals surface area contributed by atoms with Crippen molar-refractivity contribution in [1.82, 2.24) is 10.2 Å². The molecule has 2 amide bonds. The van der Waals surface area contributed by atoms with Gasteiger partial charge in [-0.2, -0.15) is 0 Å². The van der Waals surface area contributed by atoms with E-state index in [0.717, 1.165) is 21.7 Å². The van der Waals surface area contributed by atoms with Crippen LogP contribution in [0, 0.1) is 6.92 Å². The molecule has 2 rings (SSSR count). The minimum absolute atomic E-state index is 0.151. The highest BCUT2D eigenvalue weighted by Gasteiger charge is 2.30. The molecule has 0 fully saturated rings. The van der Waals surface area contributed by atoms with Gasteiger partial charge in [-0.3, -0.25) is 13.9 Å². The molecule has 0 radical (unpaired) electrons. The number of halogens is 2. The summed E-state index contributed by atoms with van der Waals surface area (Å²) >= 11 is 12.0.